The van der Waals surface area contributed by atoms with Gasteiger partial charge >= 0.3 is 0 Å². The third-order valence-corrected chi connectivity index (χ3v) is 5.77. The molecular formula is C18H21N3O3S. The number of carbonyl (C=O) groups excluding carboxylic acids is 1. The van der Waals surface area contributed by atoms with Crippen LogP contribution in [0.15, 0.2) is 29.9 Å². The molecule has 1 spiro atoms. The molecule has 0 unspecified atom stereocenters. The summed E-state index contributed by atoms with van der Waals surface area (Å²) in [6, 6.07) is 3.58. The van der Waals surface area contributed by atoms with Crippen LogP contribution in [0.2, 0.25) is 0 Å². The van der Waals surface area contributed by atoms with Gasteiger partial charge < -0.3 is 14.4 Å². The Hall–Kier alpha value is -1.83. The number of pyridine rings is 1. The molecule has 4 heterocycles. The molecule has 2 fully saturated rings. The van der Waals surface area contributed by atoms with E-state index in [0.29, 0.717) is 37.8 Å². The summed E-state index contributed by atoms with van der Waals surface area (Å²) in [4.78, 5) is 22.7. The van der Waals surface area contributed by atoms with E-state index >= 15 is 0 Å². The summed E-state index contributed by atoms with van der Waals surface area (Å²) in [5.74, 6) is 0.344. The van der Waals surface area contributed by atoms with Gasteiger partial charge in [-0.2, -0.15) is 0 Å². The van der Waals surface area contributed by atoms with Crippen LogP contribution >= 0.6 is 11.3 Å². The van der Waals surface area contributed by atoms with Crippen LogP contribution in [-0.4, -0.2) is 52.7 Å². The average Bonchev–Trinajstić information content (AvgIpc) is 3.20. The van der Waals surface area contributed by atoms with E-state index in [-0.39, 0.29) is 11.5 Å². The van der Waals surface area contributed by atoms with Gasteiger partial charge in [0.05, 0.1) is 42.6 Å². The number of nitrogens with zero attached hydrogens (tertiary/aromatic N) is 3. The lowest BCUT2D eigenvalue weighted by atomic mass is 9.81. The van der Waals surface area contributed by atoms with Crippen LogP contribution in [0.1, 0.15) is 27.5 Å². The minimum absolute atomic E-state index is 0.0202. The molecule has 1 atom stereocenters. The van der Waals surface area contributed by atoms with Crippen molar-refractivity contribution in [2.75, 3.05) is 26.3 Å². The Kier molecular flexibility index (Phi) is 4.54. The molecule has 0 saturated carbocycles. The number of aryl methyl sites for hydroxylation is 1. The summed E-state index contributed by atoms with van der Waals surface area (Å²) < 4.78 is 11.9. The minimum atomic E-state index is -0.240. The molecule has 4 rings (SSSR count). The molecule has 2 saturated heterocycles. The first-order chi connectivity index (χ1) is 12.2. The van der Waals surface area contributed by atoms with Crippen molar-refractivity contribution in [3.8, 4) is 0 Å². The number of amides is 1. The molecule has 0 aliphatic carbocycles. The molecule has 2 aromatic heterocycles. The van der Waals surface area contributed by atoms with Crippen molar-refractivity contribution in [1.82, 2.24) is 14.9 Å². The molecule has 0 aromatic carbocycles. The summed E-state index contributed by atoms with van der Waals surface area (Å²) in [5, 5.41) is 3.09. The van der Waals surface area contributed by atoms with Gasteiger partial charge in [-0.05, 0) is 25.5 Å². The van der Waals surface area contributed by atoms with Crippen molar-refractivity contribution < 1.29 is 14.3 Å². The zero-order valence-electron chi connectivity index (χ0n) is 14.2. The monoisotopic (exact) mass is 359 g/mol. The lowest BCUT2D eigenvalue weighted by molar-refractivity contribution is -0.129. The van der Waals surface area contributed by atoms with Crippen molar-refractivity contribution in [2.45, 2.75) is 25.6 Å². The van der Waals surface area contributed by atoms with Gasteiger partial charge in [-0.25, -0.2) is 4.98 Å². The van der Waals surface area contributed by atoms with Gasteiger partial charge in [-0.15, -0.1) is 11.3 Å². The van der Waals surface area contributed by atoms with E-state index in [2.05, 4.69) is 9.97 Å². The van der Waals surface area contributed by atoms with Crippen LogP contribution in [0.3, 0.4) is 0 Å². The number of carbonyl (C=O) groups is 1. The van der Waals surface area contributed by atoms with Gasteiger partial charge in [0.25, 0.3) is 5.91 Å². The Labute approximate surface area is 150 Å². The first kappa shape index (κ1) is 16.6. The number of hydrogen-bond acceptors (Lipinski definition) is 6. The standard InChI is InChI=1S/C18H21N3O3S/c1-13-20-16(10-25-13)9-23-8-15-4-6-24-18(15)11-21(12-18)17(22)14-3-2-5-19-7-14/h2-3,5,7,10,15H,4,6,8-9,11-12H2,1H3/t15-/m1/s1. The molecule has 7 heteroatoms. The zero-order valence-corrected chi connectivity index (χ0v) is 15.0. The Morgan fingerprint density at radius 1 is 1.52 bits per heavy atom. The number of hydrogen-bond donors (Lipinski definition) is 0. The molecule has 2 aliphatic rings. The molecule has 2 aromatic rings. The number of ether oxygens (including phenoxy) is 2. The van der Waals surface area contributed by atoms with E-state index < -0.39 is 0 Å². The predicted molar refractivity (Wildman–Crippen MR) is 93.4 cm³/mol. The maximum absolute atomic E-state index is 12.5. The average molecular weight is 359 g/mol. The molecule has 0 bridgehead atoms. The fraction of sp³-hybridized carbons (Fsp3) is 0.500. The smallest absolute Gasteiger partial charge is 0.255 e. The van der Waals surface area contributed by atoms with Gasteiger partial charge in [0, 0.05) is 30.3 Å². The maximum atomic E-state index is 12.5. The molecule has 6 nitrogen and oxygen atoms in total. The minimum Gasteiger partial charge on any atom is -0.375 e. The quantitative estimate of drug-likeness (QED) is 0.820. The second-order valence-electron chi connectivity index (χ2n) is 6.67. The van der Waals surface area contributed by atoms with Gasteiger partial charge in [0.2, 0.25) is 0 Å². The maximum Gasteiger partial charge on any atom is 0.255 e. The van der Waals surface area contributed by atoms with Gasteiger partial charge in [-0.3, -0.25) is 9.78 Å². The lowest BCUT2D eigenvalue weighted by Crippen LogP contribution is -2.66. The molecular weight excluding hydrogens is 338 g/mol. The van der Waals surface area contributed by atoms with E-state index in [1.165, 1.54) is 0 Å². The second kappa shape index (κ2) is 6.82. The van der Waals surface area contributed by atoms with Crippen molar-refractivity contribution in [3.63, 3.8) is 0 Å². The molecule has 132 valence electrons. The first-order valence-electron chi connectivity index (χ1n) is 8.48. The normalized spacial score (nSPS) is 21.5. The Bertz CT molecular complexity index is 743. The summed E-state index contributed by atoms with van der Waals surface area (Å²) >= 11 is 1.64. The van der Waals surface area contributed by atoms with Crippen LogP contribution in [0.25, 0.3) is 0 Å². The van der Waals surface area contributed by atoms with E-state index in [1.54, 1.807) is 35.9 Å². The van der Waals surface area contributed by atoms with Crippen LogP contribution in [0.5, 0.6) is 0 Å². The predicted octanol–water partition coefficient (Wildman–Crippen LogP) is 2.29. The summed E-state index contributed by atoms with van der Waals surface area (Å²) in [5.41, 5.74) is 1.37. The third kappa shape index (κ3) is 3.31. The Balaban J connectivity index is 1.31. The van der Waals surface area contributed by atoms with Crippen molar-refractivity contribution in [3.05, 3.63) is 46.2 Å². The van der Waals surface area contributed by atoms with Gasteiger partial charge in [0.15, 0.2) is 0 Å². The SMILES string of the molecule is Cc1nc(COC[C@H]2CCOC23CN(C(=O)c2cccnc2)C3)cs1. The highest BCUT2D eigenvalue weighted by Crippen LogP contribution is 2.40. The first-order valence-corrected chi connectivity index (χ1v) is 9.36. The number of thiazole rings is 1. The molecule has 1 amide bonds. The Morgan fingerprint density at radius 3 is 3.12 bits per heavy atom. The second-order valence-corrected chi connectivity index (χ2v) is 7.74. The molecule has 0 N–H and O–H groups in total. The number of rotatable bonds is 5. The van der Waals surface area contributed by atoms with E-state index in [0.717, 1.165) is 23.7 Å². The largest absolute Gasteiger partial charge is 0.375 e. The van der Waals surface area contributed by atoms with Crippen LogP contribution in [0.4, 0.5) is 0 Å². The van der Waals surface area contributed by atoms with Crippen LogP contribution in [-0.2, 0) is 16.1 Å². The van der Waals surface area contributed by atoms with Crippen LogP contribution < -0.4 is 0 Å². The highest BCUT2D eigenvalue weighted by molar-refractivity contribution is 7.09. The highest BCUT2D eigenvalue weighted by Gasteiger charge is 2.54. The van der Waals surface area contributed by atoms with E-state index in [1.807, 2.05) is 17.2 Å². The number of likely N-dealkylation sites (tertiary alicyclic amines) is 1. The topological polar surface area (TPSA) is 64.6 Å². The van der Waals surface area contributed by atoms with Gasteiger partial charge in [0.1, 0.15) is 5.60 Å². The highest BCUT2D eigenvalue weighted by atomic mass is 32.1. The zero-order chi connectivity index (χ0) is 17.3. The molecule has 25 heavy (non-hydrogen) atoms. The van der Waals surface area contributed by atoms with E-state index in [9.17, 15) is 4.79 Å². The number of aromatic nitrogens is 2. The van der Waals surface area contributed by atoms with Crippen molar-refractivity contribution in [1.29, 1.82) is 0 Å². The molecule has 0 radical (unpaired) electrons. The fourth-order valence-electron chi connectivity index (χ4n) is 3.57. The Morgan fingerprint density at radius 2 is 2.40 bits per heavy atom. The summed E-state index contributed by atoms with van der Waals surface area (Å²) in [7, 11) is 0. The van der Waals surface area contributed by atoms with Crippen molar-refractivity contribution in [2.24, 2.45) is 5.92 Å². The summed E-state index contributed by atoms with van der Waals surface area (Å²) in [6.07, 6.45) is 4.26. The van der Waals surface area contributed by atoms with Crippen LogP contribution in [0, 0.1) is 12.8 Å². The van der Waals surface area contributed by atoms with Gasteiger partial charge in [-0.1, -0.05) is 0 Å². The fourth-order valence-corrected chi connectivity index (χ4v) is 4.16. The van der Waals surface area contributed by atoms with Crippen molar-refractivity contribution >= 4 is 17.2 Å². The lowest BCUT2D eigenvalue weighted by Gasteiger charge is -2.50. The molecule has 2 aliphatic heterocycles. The van der Waals surface area contributed by atoms with E-state index in [4.69, 9.17) is 9.47 Å². The third-order valence-electron chi connectivity index (χ3n) is 4.95. The summed E-state index contributed by atoms with van der Waals surface area (Å²) in [6.45, 7) is 5.17.